The Morgan fingerprint density at radius 1 is 1.48 bits per heavy atom. The number of carbonyl (C=O) groups excluding carboxylic acids is 1. The van der Waals surface area contributed by atoms with Crippen LogP contribution in [-0.4, -0.2) is 50.2 Å². The van der Waals surface area contributed by atoms with Crippen LogP contribution in [0.1, 0.15) is 30.8 Å². The molecule has 1 aromatic heterocycles. The molecule has 6 nitrogen and oxygen atoms in total. The normalized spacial score (nSPS) is 19.2. The van der Waals surface area contributed by atoms with Gasteiger partial charge in [0.1, 0.15) is 11.9 Å². The Morgan fingerprint density at radius 3 is 3.00 bits per heavy atom. The molecular formula is C16H19N3O3S. The first kappa shape index (κ1) is 15.9. The van der Waals surface area contributed by atoms with Crippen LogP contribution in [0.25, 0.3) is 11.0 Å². The summed E-state index contributed by atoms with van der Waals surface area (Å²) in [7, 11) is 0. The van der Waals surface area contributed by atoms with E-state index in [9.17, 15) is 9.59 Å². The van der Waals surface area contributed by atoms with Gasteiger partial charge < -0.3 is 15.0 Å². The molecular weight excluding hydrogens is 314 g/mol. The number of para-hydroxylation sites is 2. The maximum absolute atomic E-state index is 12.3. The van der Waals surface area contributed by atoms with E-state index in [-0.39, 0.29) is 16.9 Å². The van der Waals surface area contributed by atoms with Gasteiger partial charge in [-0.2, -0.15) is 0 Å². The first-order chi connectivity index (χ1) is 11.1. The molecule has 1 aromatic carbocycles. The minimum absolute atomic E-state index is 0.0391. The first-order valence-corrected chi connectivity index (χ1v) is 8.69. The molecule has 2 atom stereocenters. The zero-order valence-corrected chi connectivity index (χ0v) is 13.7. The quantitative estimate of drug-likeness (QED) is 0.877. The standard InChI is InChI=1S/C16H19N3O3S/c1-10(15-17-11-5-2-3-6-12(11)18-15)23-9-14(20)19-8-4-7-13(19)16(21)22/h2-3,5-6,10,13H,4,7-9H2,1H3,(H,17,18)(H,21,22)/t10?,13-/m0/s1. The lowest BCUT2D eigenvalue weighted by atomic mass is 10.2. The third-order valence-electron chi connectivity index (χ3n) is 4.11. The summed E-state index contributed by atoms with van der Waals surface area (Å²) in [6, 6.07) is 7.14. The fourth-order valence-corrected chi connectivity index (χ4v) is 3.67. The topological polar surface area (TPSA) is 86.3 Å². The van der Waals surface area contributed by atoms with Crippen LogP contribution in [0.5, 0.6) is 0 Å². The number of thioether (sulfide) groups is 1. The molecule has 1 fully saturated rings. The summed E-state index contributed by atoms with van der Waals surface area (Å²) < 4.78 is 0. The number of fused-ring (bicyclic) bond motifs is 1. The second-order valence-corrected chi connectivity index (χ2v) is 7.00. The van der Waals surface area contributed by atoms with Gasteiger partial charge in [0.15, 0.2) is 0 Å². The number of carboxylic acid groups (broad SMARTS) is 1. The van der Waals surface area contributed by atoms with Crippen LogP contribution in [0.2, 0.25) is 0 Å². The van der Waals surface area contributed by atoms with Crippen molar-refractivity contribution in [1.82, 2.24) is 14.9 Å². The lowest BCUT2D eigenvalue weighted by Gasteiger charge is -2.21. The number of nitrogens with one attached hydrogen (secondary N) is 1. The van der Waals surface area contributed by atoms with Crippen molar-refractivity contribution in [3.8, 4) is 0 Å². The van der Waals surface area contributed by atoms with Crippen molar-refractivity contribution in [2.45, 2.75) is 31.1 Å². The molecule has 1 amide bonds. The molecule has 1 unspecified atom stereocenters. The van der Waals surface area contributed by atoms with Crippen LogP contribution in [0.4, 0.5) is 0 Å². The fourth-order valence-electron chi connectivity index (χ4n) is 2.85. The summed E-state index contributed by atoms with van der Waals surface area (Å²) in [4.78, 5) is 32.7. The Bertz CT molecular complexity index is 697. The Balaban J connectivity index is 1.61. The minimum Gasteiger partial charge on any atom is -0.480 e. The van der Waals surface area contributed by atoms with Gasteiger partial charge in [0.2, 0.25) is 5.91 Å². The number of likely N-dealkylation sites (tertiary alicyclic amines) is 1. The summed E-state index contributed by atoms with van der Waals surface area (Å²) in [6.45, 7) is 2.53. The van der Waals surface area contributed by atoms with E-state index in [0.717, 1.165) is 23.3 Å². The van der Waals surface area contributed by atoms with E-state index in [4.69, 9.17) is 5.11 Å². The number of amides is 1. The highest BCUT2D eigenvalue weighted by Crippen LogP contribution is 2.29. The van der Waals surface area contributed by atoms with Gasteiger partial charge in [-0.1, -0.05) is 12.1 Å². The van der Waals surface area contributed by atoms with E-state index in [0.29, 0.717) is 13.0 Å². The summed E-state index contributed by atoms with van der Waals surface area (Å²) in [5.41, 5.74) is 1.89. The average molecular weight is 333 g/mol. The number of carbonyl (C=O) groups is 2. The van der Waals surface area contributed by atoms with Gasteiger partial charge in [-0.15, -0.1) is 11.8 Å². The van der Waals surface area contributed by atoms with E-state index in [1.165, 1.54) is 16.7 Å². The second kappa shape index (κ2) is 6.62. The number of H-pyrrole nitrogens is 1. The van der Waals surface area contributed by atoms with Gasteiger partial charge >= 0.3 is 5.97 Å². The van der Waals surface area contributed by atoms with Gasteiger partial charge in [0.25, 0.3) is 0 Å². The third kappa shape index (κ3) is 3.34. The number of nitrogens with zero attached hydrogens (tertiary/aromatic N) is 2. The number of aromatic nitrogens is 2. The predicted molar refractivity (Wildman–Crippen MR) is 89.3 cm³/mol. The van der Waals surface area contributed by atoms with E-state index in [2.05, 4.69) is 9.97 Å². The van der Waals surface area contributed by atoms with Crippen molar-refractivity contribution in [2.24, 2.45) is 0 Å². The molecule has 2 aromatic rings. The SMILES string of the molecule is CC(SCC(=O)N1CCC[C@H]1C(=O)O)c1nc2ccccc2[nH]1. The molecule has 0 saturated carbocycles. The van der Waals surface area contributed by atoms with Crippen molar-refractivity contribution in [3.05, 3.63) is 30.1 Å². The molecule has 1 aliphatic rings. The molecule has 122 valence electrons. The molecule has 23 heavy (non-hydrogen) atoms. The minimum atomic E-state index is -0.911. The zero-order valence-electron chi connectivity index (χ0n) is 12.9. The summed E-state index contributed by atoms with van der Waals surface area (Å²) in [5, 5.41) is 9.19. The van der Waals surface area contributed by atoms with Gasteiger partial charge in [0, 0.05) is 6.54 Å². The highest BCUT2D eigenvalue weighted by Gasteiger charge is 2.33. The highest BCUT2D eigenvalue weighted by molar-refractivity contribution is 8.00. The Morgan fingerprint density at radius 2 is 2.26 bits per heavy atom. The van der Waals surface area contributed by atoms with Crippen LogP contribution in [0.3, 0.4) is 0 Å². The summed E-state index contributed by atoms with van der Waals surface area (Å²) >= 11 is 1.48. The van der Waals surface area contributed by atoms with E-state index in [1.807, 2.05) is 31.2 Å². The number of carboxylic acids is 1. The molecule has 7 heteroatoms. The number of rotatable bonds is 5. The second-order valence-electron chi connectivity index (χ2n) is 5.68. The summed E-state index contributed by atoms with van der Waals surface area (Å²) in [6.07, 6.45) is 1.30. The molecule has 0 radical (unpaired) electrons. The fraction of sp³-hybridized carbons (Fsp3) is 0.438. The Hall–Kier alpha value is -2.02. The number of imidazole rings is 1. The van der Waals surface area contributed by atoms with Crippen molar-refractivity contribution in [2.75, 3.05) is 12.3 Å². The van der Waals surface area contributed by atoms with E-state index in [1.54, 1.807) is 0 Å². The lowest BCUT2D eigenvalue weighted by Crippen LogP contribution is -2.41. The van der Waals surface area contributed by atoms with E-state index >= 15 is 0 Å². The van der Waals surface area contributed by atoms with Crippen molar-refractivity contribution in [3.63, 3.8) is 0 Å². The molecule has 2 N–H and O–H groups in total. The van der Waals surface area contributed by atoms with Crippen LogP contribution >= 0.6 is 11.8 Å². The Kier molecular flexibility index (Phi) is 4.56. The molecule has 0 aliphatic carbocycles. The van der Waals surface area contributed by atoms with Gasteiger partial charge in [0.05, 0.1) is 22.0 Å². The van der Waals surface area contributed by atoms with Crippen LogP contribution in [0, 0.1) is 0 Å². The van der Waals surface area contributed by atoms with Crippen molar-refractivity contribution < 1.29 is 14.7 Å². The van der Waals surface area contributed by atoms with Crippen LogP contribution in [0.15, 0.2) is 24.3 Å². The number of hydrogen-bond acceptors (Lipinski definition) is 4. The smallest absolute Gasteiger partial charge is 0.326 e. The largest absolute Gasteiger partial charge is 0.480 e. The maximum Gasteiger partial charge on any atom is 0.326 e. The zero-order chi connectivity index (χ0) is 16.4. The van der Waals surface area contributed by atoms with E-state index < -0.39 is 12.0 Å². The van der Waals surface area contributed by atoms with Crippen LogP contribution < -0.4 is 0 Å². The average Bonchev–Trinajstić information content (AvgIpc) is 3.18. The number of benzene rings is 1. The number of hydrogen-bond donors (Lipinski definition) is 2. The van der Waals surface area contributed by atoms with Crippen molar-refractivity contribution >= 4 is 34.7 Å². The summed E-state index contributed by atoms with van der Waals surface area (Å²) in [5.74, 6) is 0.0800. The Labute approximate surface area is 138 Å². The molecule has 1 saturated heterocycles. The molecule has 1 aliphatic heterocycles. The van der Waals surface area contributed by atoms with Crippen molar-refractivity contribution in [1.29, 1.82) is 0 Å². The van der Waals surface area contributed by atoms with Crippen LogP contribution in [-0.2, 0) is 9.59 Å². The molecule has 3 rings (SSSR count). The molecule has 0 spiro atoms. The predicted octanol–water partition coefficient (Wildman–Crippen LogP) is 2.43. The van der Waals surface area contributed by atoms with Gasteiger partial charge in [-0.25, -0.2) is 9.78 Å². The van der Waals surface area contributed by atoms with Gasteiger partial charge in [-0.05, 0) is 31.9 Å². The first-order valence-electron chi connectivity index (χ1n) is 7.65. The molecule has 2 heterocycles. The maximum atomic E-state index is 12.3. The number of aromatic amines is 1. The highest BCUT2D eigenvalue weighted by atomic mass is 32.2. The monoisotopic (exact) mass is 333 g/mol. The van der Waals surface area contributed by atoms with Gasteiger partial charge in [-0.3, -0.25) is 4.79 Å². The molecule has 0 bridgehead atoms. The number of aliphatic carboxylic acids is 1. The third-order valence-corrected chi connectivity index (χ3v) is 5.24. The lowest BCUT2D eigenvalue weighted by molar-refractivity contribution is -0.147.